The van der Waals surface area contributed by atoms with E-state index in [-0.39, 0.29) is 0 Å². The van der Waals surface area contributed by atoms with E-state index in [1.54, 1.807) is 0 Å². The molecule has 0 aromatic heterocycles. The first kappa shape index (κ1) is 11.0. The summed E-state index contributed by atoms with van der Waals surface area (Å²) in [6.07, 6.45) is 5.96. The Kier molecular flexibility index (Phi) is 3.83. The third-order valence-corrected chi connectivity index (χ3v) is 2.42. The Morgan fingerprint density at radius 3 is 2.81 bits per heavy atom. The molecule has 0 radical (unpaired) electrons. The van der Waals surface area contributed by atoms with Gasteiger partial charge in [-0.3, -0.25) is 0 Å². The normalized spacial score (nSPS) is 15.1. The number of hydrogen-bond donors (Lipinski definition) is 1. The Morgan fingerprint density at radius 1 is 1.19 bits per heavy atom. The third-order valence-electron chi connectivity index (χ3n) is 2.42. The molecule has 2 N–H and O–H groups in total. The van der Waals surface area contributed by atoms with E-state index < -0.39 is 0 Å². The van der Waals surface area contributed by atoms with Gasteiger partial charge in [0.1, 0.15) is 0 Å². The molecule has 0 spiro atoms. The van der Waals surface area contributed by atoms with Crippen LogP contribution in [0.3, 0.4) is 0 Å². The average molecular weight is 219 g/mol. The van der Waals surface area contributed by atoms with Crippen LogP contribution in [0.1, 0.15) is 18.4 Å². The fourth-order valence-electron chi connectivity index (χ4n) is 1.60. The second-order valence-electron chi connectivity index (χ2n) is 3.74. The fraction of sp³-hybridized carbons (Fsp3) is 0.385. The Morgan fingerprint density at radius 2 is 2.00 bits per heavy atom. The van der Waals surface area contributed by atoms with Crippen molar-refractivity contribution in [1.29, 1.82) is 0 Å². The van der Waals surface area contributed by atoms with Crippen molar-refractivity contribution < 1.29 is 9.47 Å². The summed E-state index contributed by atoms with van der Waals surface area (Å²) in [5.41, 5.74) is 6.55. The van der Waals surface area contributed by atoms with E-state index in [1.165, 1.54) is 0 Å². The molecule has 1 aromatic rings. The maximum absolute atomic E-state index is 5.61. The van der Waals surface area contributed by atoms with E-state index in [9.17, 15) is 0 Å². The van der Waals surface area contributed by atoms with Gasteiger partial charge in [-0.05, 0) is 30.7 Å². The van der Waals surface area contributed by atoms with Gasteiger partial charge in [0.25, 0.3) is 0 Å². The third kappa shape index (κ3) is 2.76. The highest BCUT2D eigenvalue weighted by molar-refractivity contribution is 5.56. The maximum Gasteiger partial charge on any atom is 0.161 e. The monoisotopic (exact) mass is 219 g/mol. The predicted molar refractivity (Wildman–Crippen MR) is 64.8 cm³/mol. The highest BCUT2D eigenvalue weighted by Gasteiger charge is 2.09. The first-order valence-corrected chi connectivity index (χ1v) is 5.66. The summed E-state index contributed by atoms with van der Waals surface area (Å²) in [5.74, 6) is 1.68. The highest BCUT2D eigenvalue weighted by Crippen LogP contribution is 2.30. The van der Waals surface area contributed by atoms with Gasteiger partial charge in [0, 0.05) is 6.42 Å². The lowest BCUT2D eigenvalue weighted by atomic mass is 10.2. The first-order chi connectivity index (χ1) is 7.90. The number of nitrogens with two attached hydrogens (primary N) is 1. The van der Waals surface area contributed by atoms with E-state index in [4.69, 9.17) is 15.2 Å². The molecule has 0 aliphatic carbocycles. The zero-order valence-corrected chi connectivity index (χ0v) is 9.32. The smallest absolute Gasteiger partial charge is 0.161 e. The van der Waals surface area contributed by atoms with Crippen LogP contribution in [0.2, 0.25) is 0 Å². The van der Waals surface area contributed by atoms with Crippen molar-refractivity contribution in [2.75, 3.05) is 19.8 Å². The summed E-state index contributed by atoms with van der Waals surface area (Å²) >= 11 is 0. The standard InChI is InChI=1S/C13H17NO2/c14-7-2-1-4-11-5-6-12-13(10-11)16-9-3-8-15-12/h1,4-6,10H,2-3,7-9,14H2/b4-1+. The molecule has 0 saturated carbocycles. The van der Waals surface area contributed by atoms with Crippen LogP contribution in [0.4, 0.5) is 0 Å². The molecule has 1 aliphatic heterocycles. The quantitative estimate of drug-likeness (QED) is 0.847. The molecular weight excluding hydrogens is 202 g/mol. The van der Waals surface area contributed by atoms with Crippen molar-refractivity contribution in [3.63, 3.8) is 0 Å². The Hall–Kier alpha value is -1.48. The molecule has 2 rings (SSSR count). The molecule has 16 heavy (non-hydrogen) atoms. The van der Waals surface area contributed by atoms with Crippen molar-refractivity contribution in [3.05, 3.63) is 29.8 Å². The first-order valence-electron chi connectivity index (χ1n) is 5.66. The van der Waals surface area contributed by atoms with Gasteiger partial charge < -0.3 is 15.2 Å². The fourth-order valence-corrected chi connectivity index (χ4v) is 1.60. The summed E-state index contributed by atoms with van der Waals surface area (Å²) in [7, 11) is 0. The van der Waals surface area contributed by atoms with Gasteiger partial charge in [-0.2, -0.15) is 0 Å². The second kappa shape index (κ2) is 5.56. The minimum Gasteiger partial charge on any atom is -0.490 e. The van der Waals surface area contributed by atoms with E-state index in [2.05, 4.69) is 12.2 Å². The SMILES string of the molecule is NCC/C=C/c1ccc2c(c1)OCCCO2. The van der Waals surface area contributed by atoms with Crippen molar-refractivity contribution in [1.82, 2.24) is 0 Å². The molecule has 1 aromatic carbocycles. The van der Waals surface area contributed by atoms with E-state index in [0.29, 0.717) is 6.54 Å². The minimum atomic E-state index is 0.682. The van der Waals surface area contributed by atoms with Crippen LogP contribution in [0, 0.1) is 0 Å². The number of fused-ring (bicyclic) bond motifs is 1. The van der Waals surface area contributed by atoms with Gasteiger partial charge in [0.05, 0.1) is 13.2 Å². The van der Waals surface area contributed by atoms with Gasteiger partial charge in [-0.15, -0.1) is 0 Å². The van der Waals surface area contributed by atoms with Crippen molar-refractivity contribution >= 4 is 6.08 Å². The second-order valence-corrected chi connectivity index (χ2v) is 3.74. The summed E-state index contributed by atoms with van der Waals surface area (Å²) in [6, 6.07) is 6.00. The molecule has 1 aliphatic rings. The summed E-state index contributed by atoms with van der Waals surface area (Å²) < 4.78 is 11.2. The molecule has 3 nitrogen and oxygen atoms in total. The van der Waals surface area contributed by atoms with E-state index in [1.807, 2.05) is 18.2 Å². The van der Waals surface area contributed by atoms with Crippen molar-refractivity contribution in [2.24, 2.45) is 5.73 Å². The number of rotatable bonds is 3. The molecule has 0 amide bonds. The van der Waals surface area contributed by atoms with Crippen LogP contribution < -0.4 is 15.2 Å². The molecule has 0 saturated heterocycles. The average Bonchev–Trinajstić information content (AvgIpc) is 2.54. The number of ether oxygens (including phenoxy) is 2. The van der Waals surface area contributed by atoms with Crippen molar-refractivity contribution in [3.8, 4) is 11.5 Å². The van der Waals surface area contributed by atoms with Crippen LogP contribution in [-0.2, 0) is 0 Å². The lowest BCUT2D eigenvalue weighted by Crippen LogP contribution is -1.97. The van der Waals surface area contributed by atoms with E-state index >= 15 is 0 Å². The molecule has 0 atom stereocenters. The lowest BCUT2D eigenvalue weighted by Gasteiger charge is -2.07. The molecule has 1 heterocycles. The molecule has 0 bridgehead atoms. The minimum absolute atomic E-state index is 0.682. The van der Waals surface area contributed by atoms with Crippen LogP contribution in [0.5, 0.6) is 11.5 Å². The van der Waals surface area contributed by atoms with Gasteiger partial charge in [-0.25, -0.2) is 0 Å². The molecule has 0 unspecified atom stereocenters. The molecule has 0 fully saturated rings. The Balaban J connectivity index is 2.14. The summed E-state index contributed by atoms with van der Waals surface area (Å²) in [5, 5.41) is 0. The Bertz CT molecular complexity index is 374. The number of benzene rings is 1. The molecular formula is C13H17NO2. The molecule has 86 valence electrons. The highest BCUT2D eigenvalue weighted by atomic mass is 16.5. The maximum atomic E-state index is 5.61. The van der Waals surface area contributed by atoms with Gasteiger partial charge >= 0.3 is 0 Å². The Labute approximate surface area is 95.9 Å². The largest absolute Gasteiger partial charge is 0.490 e. The van der Waals surface area contributed by atoms with Crippen LogP contribution in [-0.4, -0.2) is 19.8 Å². The summed E-state index contributed by atoms with van der Waals surface area (Å²) in [4.78, 5) is 0. The van der Waals surface area contributed by atoms with Crippen LogP contribution in [0.25, 0.3) is 6.08 Å². The molecule has 3 heteroatoms. The zero-order valence-electron chi connectivity index (χ0n) is 9.32. The zero-order chi connectivity index (χ0) is 11.2. The predicted octanol–water partition coefficient (Wildman–Crippen LogP) is 2.21. The van der Waals surface area contributed by atoms with Gasteiger partial charge in [0.2, 0.25) is 0 Å². The van der Waals surface area contributed by atoms with Gasteiger partial charge in [0.15, 0.2) is 11.5 Å². The van der Waals surface area contributed by atoms with E-state index in [0.717, 1.165) is 43.1 Å². The number of hydrogen-bond acceptors (Lipinski definition) is 3. The van der Waals surface area contributed by atoms with Crippen LogP contribution in [0.15, 0.2) is 24.3 Å². The summed E-state index contributed by atoms with van der Waals surface area (Å²) in [6.45, 7) is 2.14. The topological polar surface area (TPSA) is 44.5 Å². The van der Waals surface area contributed by atoms with Crippen molar-refractivity contribution in [2.45, 2.75) is 12.8 Å². The van der Waals surface area contributed by atoms with Gasteiger partial charge in [-0.1, -0.05) is 18.2 Å². The van der Waals surface area contributed by atoms with Crippen LogP contribution >= 0.6 is 0 Å². The lowest BCUT2D eigenvalue weighted by molar-refractivity contribution is 0.297.